The van der Waals surface area contributed by atoms with E-state index in [9.17, 15) is 18.3 Å². The normalized spacial score (nSPS) is 23.4. The van der Waals surface area contributed by atoms with Crippen LogP contribution >= 0.6 is 27.7 Å². The van der Waals surface area contributed by atoms with Crippen molar-refractivity contribution in [3.63, 3.8) is 0 Å². The van der Waals surface area contributed by atoms with Crippen molar-refractivity contribution in [2.75, 3.05) is 18.1 Å². The monoisotopic (exact) mass is 355 g/mol. The Kier molecular flexibility index (Phi) is 3.80. The van der Waals surface area contributed by atoms with Crippen LogP contribution in [0.3, 0.4) is 0 Å². The standard InChI is InChI=1S/C10H9BrF3N3OS/c1-15-7-2-5(6(11)3-16-7)8-17-9(18,4-19-8)10(12,13)14/h2-3,18H,4H2,1H3,(H,15,16). The highest BCUT2D eigenvalue weighted by atomic mass is 79.9. The Hall–Kier alpha value is -0.800. The summed E-state index contributed by atoms with van der Waals surface area (Å²) >= 11 is 4.07. The molecule has 19 heavy (non-hydrogen) atoms. The van der Waals surface area contributed by atoms with E-state index in [4.69, 9.17) is 0 Å². The van der Waals surface area contributed by atoms with Gasteiger partial charge in [0.05, 0.1) is 5.75 Å². The van der Waals surface area contributed by atoms with E-state index < -0.39 is 17.7 Å². The van der Waals surface area contributed by atoms with Gasteiger partial charge in [0.1, 0.15) is 10.9 Å². The van der Waals surface area contributed by atoms with E-state index >= 15 is 0 Å². The highest BCUT2D eigenvalue weighted by molar-refractivity contribution is 9.10. The van der Waals surface area contributed by atoms with Gasteiger partial charge in [0.25, 0.3) is 5.72 Å². The van der Waals surface area contributed by atoms with Crippen LogP contribution in [0.5, 0.6) is 0 Å². The van der Waals surface area contributed by atoms with Gasteiger partial charge >= 0.3 is 6.18 Å². The molecular formula is C10H9BrF3N3OS. The Balaban J connectivity index is 2.42. The third kappa shape index (κ3) is 2.72. The summed E-state index contributed by atoms with van der Waals surface area (Å²) in [4.78, 5) is 7.43. The van der Waals surface area contributed by atoms with Crippen LogP contribution in [0.15, 0.2) is 21.7 Å². The molecule has 1 atom stereocenters. The van der Waals surface area contributed by atoms with Gasteiger partial charge in [-0.1, -0.05) is 0 Å². The molecule has 1 unspecified atom stereocenters. The molecule has 1 aromatic rings. The minimum atomic E-state index is -4.78. The maximum Gasteiger partial charge on any atom is 0.439 e. The van der Waals surface area contributed by atoms with E-state index in [0.717, 1.165) is 11.8 Å². The number of nitrogens with one attached hydrogen (secondary N) is 1. The zero-order valence-electron chi connectivity index (χ0n) is 9.62. The molecule has 0 spiro atoms. The second kappa shape index (κ2) is 4.95. The average molecular weight is 356 g/mol. The topological polar surface area (TPSA) is 57.5 Å². The van der Waals surface area contributed by atoms with Crippen molar-refractivity contribution in [3.8, 4) is 0 Å². The van der Waals surface area contributed by atoms with Gasteiger partial charge in [-0.25, -0.2) is 9.98 Å². The lowest BCUT2D eigenvalue weighted by molar-refractivity contribution is -0.245. The molecule has 104 valence electrons. The number of nitrogens with zero attached hydrogens (tertiary/aromatic N) is 2. The number of pyridine rings is 1. The van der Waals surface area contributed by atoms with Crippen LogP contribution in [0.4, 0.5) is 19.0 Å². The van der Waals surface area contributed by atoms with E-state index in [-0.39, 0.29) is 5.04 Å². The van der Waals surface area contributed by atoms with Crippen molar-refractivity contribution >= 4 is 38.6 Å². The zero-order chi connectivity index (χ0) is 14.3. The predicted molar refractivity (Wildman–Crippen MR) is 71.5 cm³/mol. The Morgan fingerprint density at radius 3 is 2.74 bits per heavy atom. The molecule has 1 aromatic heterocycles. The van der Waals surface area contributed by atoms with Gasteiger partial charge in [-0.05, 0) is 22.0 Å². The Morgan fingerprint density at radius 1 is 1.53 bits per heavy atom. The summed E-state index contributed by atoms with van der Waals surface area (Å²) < 4.78 is 38.5. The first-order valence-electron chi connectivity index (χ1n) is 5.12. The number of hydrogen-bond acceptors (Lipinski definition) is 5. The van der Waals surface area contributed by atoms with Gasteiger partial charge in [-0.3, -0.25) is 0 Å². The lowest BCUT2D eigenvalue weighted by atomic mass is 10.2. The van der Waals surface area contributed by atoms with Crippen LogP contribution in [0, 0.1) is 0 Å². The second-order valence-corrected chi connectivity index (χ2v) is 5.64. The molecule has 2 heterocycles. The summed E-state index contributed by atoms with van der Waals surface area (Å²) in [6.45, 7) is 0. The summed E-state index contributed by atoms with van der Waals surface area (Å²) in [6, 6.07) is 1.57. The smallest absolute Gasteiger partial charge is 0.373 e. The van der Waals surface area contributed by atoms with Crippen LogP contribution in [-0.2, 0) is 0 Å². The lowest BCUT2D eigenvalue weighted by Crippen LogP contribution is -2.43. The van der Waals surface area contributed by atoms with Crippen LogP contribution in [0.2, 0.25) is 0 Å². The summed E-state index contributed by atoms with van der Waals surface area (Å²) in [6.07, 6.45) is -3.32. The van der Waals surface area contributed by atoms with Crippen molar-refractivity contribution in [1.82, 2.24) is 4.98 Å². The fourth-order valence-electron chi connectivity index (χ4n) is 1.42. The molecule has 0 radical (unpaired) electrons. The molecule has 4 nitrogen and oxygen atoms in total. The zero-order valence-corrected chi connectivity index (χ0v) is 12.0. The number of aliphatic imine (C=N–C) groups is 1. The molecule has 0 saturated carbocycles. The Bertz CT molecular complexity index is 537. The van der Waals surface area contributed by atoms with E-state index in [1.807, 2.05) is 0 Å². The number of aromatic nitrogens is 1. The van der Waals surface area contributed by atoms with Gasteiger partial charge < -0.3 is 10.4 Å². The number of thioether (sulfide) groups is 1. The average Bonchev–Trinajstić information content (AvgIpc) is 2.73. The molecule has 2 rings (SSSR count). The van der Waals surface area contributed by atoms with Gasteiger partial charge in [0.15, 0.2) is 0 Å². The summed E-state index contributed by atoms with van der Waals surface area (Å²) in [5.74, 6) is -0.0425. The lowest BCUT2D eigenvalue weighted by Gasteiger charge is -2.21. The first-order chi connectivity index (χ1) is 8.77. The molecule has 9 heteroatoms. The van der Waals surface area contributed by atoms with Gasteiger partial charge in [-0.2, -0.15) is 13.2 Å². The largest absolute Gasteiger partial charge is 0.439 e. The molecule has 0 bridgehead atoms. The first-order valence-corrected chi connectivity index (χ1v) is 6.90. The molecule has 0 fully saturated rings. The molecule has 1 aliphatic rings. The van der Waals surface area contributed by atoms with Crippen molar-refractivity contribution in [2.45, 2.75) is 11.9 Å². The van der Waals surface area contributed by atoms with Crippen molar-refractivity contribution in [1.29, 1.82) is 0 Å². The number of rotatable bonds is 2. The van der Waals surface area contributed by atoms with Crippen molar-refractivity contribution in [2.24, 2.45) is 4.99 Å². The minimum absolute atomic E-state index is 0.130. The Labute approximate surface area is 119 Å². The summed E-state index contributed by atoms with van der Waals surface area (Å²) in [7, 11) is 1.65. The van der Waals surface area contributed by atoms with E-state index in [1.165, 1.54) is 6.20 Å². The molecular weight excluding hydrogens is 347 g/mol. The van der Waals surface area contributed by atoms with Crippen LogP contribution in [0.25, 0.3) is 0 Å². The van der Waals surface area contributed by atoms with Crippen LogP contribution < -0.4 is 5.32 Å². The fraction of sp³-hybridized carbons (Fsp3) is 0.400. The van der Waals surface area contributed by atoms with Crippen molar-refractivity contribution in [3.05, 3.63) is 22.3 Å². The van der Waals surface area contributed by atoms with Crippen molar-refractivity contribution < 1.29 is 18.3 Å². The highest BCUT2D eigenvalue weighted by Gasteiger charge is 2.57. The highest BCUT2D eigenvalue weighted by Crippen LogP contribution is 2.41. The molecule has 0 saturated heterocycles. The predicted octanol–water partition coefficient (Wildman–Crippen LogP) is 2.63. The number of alkyl halides is 3. The molecule has 0 aromatic carbocycles. The third-order valence-electron chi connectivity index (χ3n) is 2.49. The summed E-state index contributed by atoms with van der Waals surface area (Å²) in [5.41, 5.74) is -2.56. The molecule has 0 amide bonds. The second-order valence-electron chi connectivity index (χ2n) is 3.82. The van der Waals surface area contributed by atoms with Crippen LogP contribution in [-0.4, -0.2) is 39.8 Å². The van der Waals surface area contributed by atoms with Gasteiger partial charge in [-0.15, -0.1) is 11.8 Å². The molecule has 1 aliphatic heterocycles. The van der Waals surface area contributed by atoms with Gasteiger partial charge in [0.2, 0.25) is 0 Å². The number of anilines is 1. The third-order valence-corrected chi connectivity index (χ3v) is 4.26. The van der Waals surface area contributed by atoms with Gasteiger partial charge in [0, 0.05) is 23.3 Å². The number of halogens is 4. The fourth-order valence-corrected chi connectivity index (χ4v) is 3.07. The first kappa shape index (κ1) is 14.6. The molecule has 0 aliphatic carbocycles. The van der Waals surface area contributed by atoms with E-state index in [2.05, 4.69) is 31.2 Å². The quantitative estimate of drug-likeness (QED) is 0.856. The van der Waals surface area contributed by atoms with Crippen LogP contribution in [0.1, 0.15) is 5.56 Å². The minimum Gasteiger partial charge on any atom is -0.373 e. The number of hydrogen-bond donors (Lipinski definition) is 2. The SMILES string of the molecule is CNc1cc(C2=NC(O)(C(F)(F)F)CS2)c(Br)cn1. The maximum absolute atomic E-state index is 12.7. The summed E-state index contributed by atoms with van der Waals surface area (Å²) in [5, 5.41) is 12.4. The maximum atomic E-state index is 12.7. The van der Waals surface area contributed by atoms with E-state index in [1.54, 1.807) is 13.1 Å². The van der Waals surface area contributed by atoms with E-state index in [0.29, 0.717) is 15.9 Å². The Morgan fingerprint density at radius 2 is 2.21 bits per heavy atom. The number of aliphatic hydroxyl groups is 1. The molecule has 2 N–H and O–H groups in total.